The highest BCUT2D eigenvalue weighted by Crippen LogP contribution is 2.27. The van der Waals surface area contributed by atoms with Crippen LogP contribution in [0.1, 0.15) is 23.3 Å². The van der Waals surface area contributed by atoms with Gasteiger partial charge in [0.2, 0.25) is 0 Å². The molecule has 4 heterocycles. The standard InChI is InChI=1S/C15H17N3OS/c19-15(13-14-11(1-4-16-13)3-6-20-14)17-12-7-10-2-5-18(8-10)9-12/h1,3-4,6,10,12H,2,5,7-9H2,(H,17,19)/t10-,12-/m1/s1. The van der Waals surface area contributed by atoms with Crippen molar-refractivity contribution in [2.24, 2.45) is 5.92 Å². The molecule has 0 saturated carbocycles. The van der Waals surface area contributed by atoms with Crippen molar-refractivity contribution in [3.8, 4) is 0 Å². The Morgan fingerprint density at radius 1 is 1.40 bits per heavy atom. The summed E-state index contributed by atoms with van der Waals surface area (Å²) in [4.78, 5) is 19.2. The molecule has 3 atom stereocenters. The summed E-state index contributed by atoms with van der Waals surface area (Å²) in [5.74, 6) is 0.741. The van der Waals surface area contributed by atoms with Crippen molar-refractivity contribution in [3.63, 3.8) is 0 Å². The molecule has 20 heavy (non-hydrogen) atoms. The van der Waals surface area contributed by atoms with Crippen LogP contribution in [0.25, 0.3) is 10.1 Å². The van der Waals surface area contributed by atoms with Crippen molar-refractivity contribution in [1.82, 2.24) is 15.2 Å². The molecular weight excluding hydrogens is 270 g/mol. The lowest BCUT2D eigenvalue weighted by molar-refractivity contribution is 0.0906. The highest BCUT2D eigenvalue weighted by Gasteiger charge is 2.33. The monoisotopic (exact) mass is 287 g/mol. The van der Waals surface area contributed by atoms with E-state index in [0.29, 0.717) is 5.69 Å². The average molecular weight is 287 g/mol. The Kier molecular flexibility index (Phi) is 2.97. The molecule has 0 radical (unpaired) electrons. The van der Waals surface area contributed by atoms with Crippen molar-refractivity contribution in [2.75, 3.05) is 19.6 Å². The lowest BCUT2D eigenvalue weighted by atomic mass is 9.97. The number of piperidine rings is 1. The molecule has 2 fully saturated rings. The molecule has 1 unspecified atom stereocenters. The first kappa shape index (κ1) is 12.3. The highest BCUT2D eigenvalue weighted by atomic mass is 32.1. The summed E-state index contributed by atoms with van der Waals surface area (Å²) >= 11 is 1.58. The first-order chi connectivity index (χ1) is 9.79. The minimum absolute atomic E-state index is 0.0226. The molecule has 4 rings (SSSR count). The number of nitrogens with one attached hydrogen (secondary N) is 1. The number of hydrogen-bond acceptors (Lipinski definition) is 4. The van der Waals surface area contributed by atoms with E-state index in [2.05, 4.69) is 15.2 Å². The van der Waals surface area contributed by atoms with Gasteiger partial charge in [-0.25, -0.2) is 4.98 Å². The van der Waals surface area contributed by atoms with Gasteiger partial charge in [0.15, 0.2) is 0 Å². The fraction of sp³-hybridized carbons (Fsp3) is 0.467. The van der Waals surface area contributed by atoms with Gasteiger partial charge in [0.25, 0.3) is 5.91 Å². The fourth-order valence-electron chi connectivity index (χ4n) is 3.47. The van der Waals surface area contributed by atoms with Gasteiger partial charge in [0, 0.05) is 25.3 Å². The van der Waals surface area contributed by atoms with Gasteiger partial charge in [-0.15, -0.1) is 11.3 Å². The number of hydrogen-bond donors (Lipinski definition) is 1. The number of thiophene rings is 1. The third-order valence-corrected chi connectivity index (χ3v) is 5.32. The molecule has 1 amide bonds. The first-order valence-corrected chi connectivity index (χ1v) is 8.03. The zero-order chi connectivity index (χ0) is 13.5. The van der Waals surface area contributed by atoms with E-state index in [9.17, 15) is 4.79 Å². The second kappa shape index (κ2) is 4.82. The van der Waals surface area contributed by atoms with Gasteiger partial charge in [-0.1, -0.05) is 0 Å². The highest BCUT2D eigenvalue weighted by molar-refractivity contribution is 7.17. The van der Waals surface area contributed by atoms with Crippen LogP contribution in [0.3, 0.4) is 0 Å². The van der Waals surface area contributed by atoms with E-state index >= 15 is 0 Å². The van der Waals surface area contributed by atoms with Crippen LogP contribution in [0.5, 0.6) is 0 Å². The van der Waals surface area contributed by atoms with E-state index in [1.165, 1.54) is 19.5 Å². The molecule has 2 bridgehead atoms. The lowest BCUT2D eigenvalue weighted by Crippen LogP contribution is -2.47. The van der Waals surface area contributed by atoms with Gasteiger partial charge in [-0.2, -0.15) is 0 Å². The first-order valence-electron chi connectivity index (χ1n) is 7.15. The Morgan fingerprint density at radius 2 is 2.35 bits per heavy atom. The molecule has 104 valence electrons. The molecule has 2 aromatic rings. The van der Waals surface area contributed by atoms with Crippen molar-refractivity contribution >= 4 is 27.3 Å². The normalized spacial score (nSPS) is 28.7. The predicted octanol–water partition coefficient (Wildman–Crippen LogP) is 2.12. The fourth-order valence-corrected chi connectivity index (χ4v) is 4.35. The maximum Gasteiger partial charge on any atom is 0.271 e. The predicted molar refractivity (Wildman–Crippen MR) is 80.0 cm³/mol. The minimum Gasteiger partial charge on any atom is -0.347 e. The number of carbonyl (C=O) groups excluding carboxylic acids is 1. The molecule has 0 aliphatic carbocycles. The van der Waals surface area contributed by atoms with Crippen LogP contribution in [-0.2, 0) is 0 Å². The summed E-state index contributed by atoms with van der Waals surface area (Å²) in [7, 11) is 0. The molecular formula is C15H17N3OS. The zero-order valence-corrected chi connectivity index (χ0v) is 12.0. The summed E-state index contributed by atoms with van der Waals surface area (Å²) < 4.78 is 0.990. The Bertz CT molecular complexity index is 641. The number of aromatic nitrogens is 1. The number of fused-ring (bicyclic) bond motifs is 3. The third-order valence-electron chi connectivity index (χ3n) is 4.39. The van der Waals surface area contributed by atoms with Crippen molar-refractivity contribution in [2.45, 2.75) is 18.9 Å². The largest absolute Gasteiger partial charge is 0.347 e. The topological polar surface area (TPSA) is 45.2 Å². The van der Waals surface area contributed by atoms with Gasteiger partial charge in [-0.05, 0) is 48.2 Å². The van der Waals surface area contributed by atoms with Gasteiger partial charge in [-0.3, -0.25) is 4.79 Å². The van der Waals surface area contributed by atoms with Crippen LogP contribution in [0.4, 0.5) is 0 Å². The maximum absolute atomic E-state index is 12.5. The van der Waals surface area contributed by atoms with Crippen LogP contribution < -0.4 is 5.32 Å². The molecule has 5 heteroatoms. The molecule has 2 saturated heterocycles. The summed E-state index contributed by atoms with van der Waals surface area (Å²) in [6.07, 6.45) is 4.12. The van der Waals surface area contributed by atoms with Crippen LogP contribution in [0.2, 0.25) is 0 Å². The van der Waals surface area contributed by atoms with Gasteiger partial charge < -0.3 is 10.2 Å². The minimum atomic E-state index is -0.0226. The number of amides is 1. The Morgan fingerprint density at radius 3 is 3.25 bits per heavy atom. The molecule has 0 spiro atoms. The summed E-state index contributed by atoms with van der Waals surface area (Å²) in [5.41, 5.74) is 0.574. The molecule has 0 aromatic carbocycles. The SMILES string of the molecule is O=C(N[C@@H]1C[C@H]2CCN(C2)C1)c1nccc2ccsc12. The Hall–Kier alpha value is -1.46. The van der Waals surface area contributed by atoms with Crippen LogP contribution in [0, 0.1) is 5.92 Å². The van der Waals surface area contributed by atoms with E-state index < -0.39 is 0 Å². The van der Waals surface area contributed by atoms with Gasteiger partial charge in [0.1, 0.15) is 5.69 Å². The quantitative estimate of drug-likeness (QED) is 0.920. The molecule has 2 aliphatic heterocycles. The van der Waals surface area contributed by atoms with Crippen LogP contribution in [0.15, 0.2) is 23.7 Å². The second-order valence-corrected chi connectivity index (χ2v) is 6.73. The summed E-state index contributed by atoms with van der Waals surface area (Å²) in [6.45, 7) is 3.39. The van der Waals surface area contributed by atoms with Crippen molar-refractivity contribution < 1.29 is 4.79 Å². The van der Waals surface area contributed by atoms with Gasteiger partial charge >= 0.3 is 0 Å². The number of nitrogens with zero attached hydrogens (tertiary/aromatic N) is 2. The van der Waals surface area contributed by atoms with E-state index in [-0.39, 0.29) is 11.9 Å². The molecule has 4 nitrogen and oxygen atoms in total. The number of pyridine rings is 1. The van der Waals surface area contributed by atoms with Crippen molar-refractivity contribution in [3.05, 3.63) is 29.4 Å². The van der Waals surface area contributed by atoms with E-state index in [4.69, 9.17) is 0 Å². The number of rotatable bonds is 2. The van der Waals surface area contributed by atoms with E-state index in [1.54, 1.807) is 17.5 Å². The van der Waals surface area contributed by atoms with Gasteiger partial charge in [0.05, 0.1) is 4.70 Å². The lowest BCUT2D eigenvalue weighted by Gasteiger charge is -2.30. The Labute approximate surface area is 121 Å². The zero-order valence-electron chi connectivity index (χ0n) is 11.2. The molecule has 2 aliphatic rings. The van der Waals surface area contributed by atoms with Crippen LogP contribution in [-0.4, -0.2) is 41.5 Å². The van der Waals surface area contributed by atoms with E-state index in [0.717, 1.165) is 29.0 Å². The smallest absolute Gasteiger partial charge is 0.271 e. The summed E-state index contributed by atoms with van der Waals surface area (Å²) in [6, 6.07) is 4.26. The Balaban J connectivity index is 1.54. The molecule has 2 aromatic heterocycles. The maximum atomic E-state index is 12.5. The van der Waals surface area contributed by atoms with Crippen molar-refractivity contribution in [1.29, 1.82) is 0 Å². The summed E-state index contributed by atoms with van der Waals surface area (Å²) in [5, 5.41) is 6.29. The number of carbonyl (C=O) groups is 1. The van der Waals surface area contributed by atoms with E-state index in [1.807, 2.05) is 17.5 Å². The molecule has 1 N–H and O–H groups in total. The average Bonchev–Trinajstić information content (AvgIpc) is 3.04. The van der Waals surface area contributed by atoms with Crippen LogP contribution >= 0.6 is 11.3 Å². The third kappa shape index (κ3) is 2.11. The second-order valence-electron chi connectivity index (χ2n) is 5.82.